The summed E-state index contributed by atoms with van der Waals surface area (Å²) in [4.78, 5) is 15.1. The van der Waals surface area contributed by atoms with Crippen molar-refractivity contribution >= 4 is 27.5 Å². The van der Waals surface area contributed by atoms with Crippen molar-refractivity contribution < 1.29 is 17.9 Å². The molecule has 2 aromatic rings. The molecular formula is C18H24N4O4S2. The SMILES string of the molecule is COc1ccc(S(=O)(=O)NCC2CCN(C(=O)c3snnc3C)CC2)cc1C. The number of benzene rings is 1. The molecule has 3 rings (SSSR count). The molecule has 1 aliphatic rings. The number of hydrogen-bond acceptors (Lipinski definition) is 7. The van der Waals surface area contributed by atoms with Gasteiger partial charge in [-0.15, -0.1) is 5.10 Å². The van der Waals surface area contributed by atoms with Crippen molar-refractivity contribution in [2.45, 2.75) is 31.6 Å². The van der Waals surface area contributed by atoms with Gasteiger partial charge in [-0.05, 0) is 67.9 Å². The topological polar surface area (TPSA) is 101 Å². The summed E-state index contributed by atoms with van der Waals surface area (Å²) < 4.78 is 36.8. The molecule has 1 aliphatic heterocycles. The first-order valence-corrected chi connectivity index (χ1v) is 11.3. The highest BCUT2D eigenvalue weighted by Gasteiger charge is 2.27. The zero-order valence-corrected chi connectivity index (χ0v) is 17.8. The Bertz CT molecular complexity index is 950. The number of ether oxygens (including phenoxy) is 1. The predicted octanol–water partition coefficient (Wildman–Crippen LogP) is 1.99. The lowest BCUT2D eigenvalue weighted by molar-refractivity contribution is 0.0696. The summed E-state index contributed by atoms with van der Waals surface area (Å²) in [6.07, 6.45) is 1.50. The number of sulfonamides is 1. The van der Waals surface area contributed by atoms with Crippen LogP contribution in [0.25, 0.3) is 0 Å². The van der Waals surface area contributed by atoms with Crippen molar-refractivity contribution in [1.82, 2.24) is 19.2 Å². The van der Waals surface area contributed by atoms with Gasteiger partial charge in [0.25, 0.3) is 5.91 Å². The van der Waals surface area contributed by atoms with Crippen LogP contribution in [0.15, 0.2) is 23.1 Å². The fourth-order valence-electron chi connectivity index (χ4n) is 3.24. The van der Waals surface area contributed by atoms with Crippen molar-refractivity contribution in [3.05, 3.63) is 34.3 Å². The molecule has 0 bridgehead atoms. The maximum Gasteiger partial charge on any atom is 0.267 e. The molecule has 0 unspecified atom stereocenters. The van der Waals surface area contributed by atoms with Gasteiger partial charge in [-0.2, -0.15) is 0 Å². The molecule has 1 N–H and O–H groups in total. The van der Waals surface area contributed by atoms with Crippen LogP contribution < -0.4 is 9.46 Å². The number of hydrogen-bond donors (Lipinski definition) is 1. The second-order valence-corrected chi connectivity index (χ2v) is 9.43. The smallest absolute Gasteiger partial charge is 0.267 e. The van der Waals surface area contributed by atoms with E-state index in [9.17, 15) is 13.2 Å². The van der Waals surface area contributed by atoms with E-state index < -0.39 is 10.0 Å². The average Bonchev–Trinajstić information content (AvgIpc) is 3.12. The fourth-order valence-corrected chi connectivity index (χ4v) is 5.07. The lowest BCUT2D eigenvalue weighted by Gasteiger charge is -2.31. The van der Waals surface area contributed by atoms with E-state index in [-0.39, 0.29) is 16.7 Å². The zero-order chi connectivity index (χ0) is 20.3. The van der Waals surface area contributed by atoms with E-state index in [0.717, 1.165) is 29.9 Å². The van der Waals surface area contributed by atoms with E-state index in [1.54, 1.807) is 37.1 Å². The first-order valence-electron chi connectivity index (χ1n) is 9.04. The Balaban J connectivity index is 1.54. The van der Waals surface area contributed by atoms with Crippen LogP contribution in [0.4, 0.5) is 0 Å². The van der Waals surface area contributed by atoms with E-state index in [0.29, 0.717) is 36.0 Å². The predicted molar refractivity (Wildman–Crippen MR) is 106 cm³/mol. The molecule has 152 valence electrons. The maximum atomic E-state index is 12.6. The van der Waals surface area contributed by atoms with Crippen LogP contribution in [0.2, 0.25) is 0 Å². The Kier molecular flexibility index (Phi) is 6.31. The zero-order valence-electron chi connectivity index (χ0n) is 16.1. The van der Waals surface area contributed by atoms with Crippen LogP contribution in [-0.2, 0) is 10.0 Å². The Morgan fingerprint density at radius 2 is 2.04 bits per heavy atom. The highest BCUT2D eigenvalue weighted by molar-refractivity contribution is 7.89. The van der Waals surface area contributed by atoms with Crippen molar-refractivity contribution in [3.63, 3.8) is 0 Å². The third-order valence-corrected chi connectivity index (χ3v) is 7.22. The number of aryl methyl sites for hydroxylation is 2. The van der Waals surface area contributed by atoms with Crippen LogP contribution in [-0.4, -0.2) is 55.6 Å². The van der Waals surface area contributed by atoms with Gasteiger partial charge in [0.2, 0.25) is 10.0 Å². The number of piperidine rings is 1. The molecule has 0 atom stereocenters. The number of rotatable bonds is 6. The highest BCUT2D eigenvalue weighted by Crippen LogP contribution is 2.23. The van der Waals surface area contributed by atoms with Crippen LogP contribution in [0.5, 0.6) is 5.75 Å². The third kappa shape index (κ3) is 4.50. The number of nitrogens with one attached hydrogen (secondary N) is 1. The molecule has 28 heavy (non-hydrogen) atoms. The number of methoxy groups -OCH3 is 1. The lowest BCUT2D eigenvalue weighted by atomic mass is 9.97. The lowest BCUT2D eigenvalue weighted by Crippen LogP contribution is -2.41. The molecule has 0 radical (unpaired) electrons. The van der Waals surface area contributed by atoms with Crippen LogP contribution >= 0.6 is 11.5 Å². The van der Waals surface area contributed by atoms with E-state index >= 15 is 0 Å². The Morgan fingerprint density at radius 1 is 1.32 bits per heavy atom. The molecule has 0 saturated carbocycles. The summed E-state index contributed by atoms with van der Waals surface area (Å²) in [7, 11) is -2.02. The average molecular weight is 425 g/mol. The summed E-state index contributed by atoms with van der Waals surface area (Å²) >= 11 is 1.11. The number of carbonyl (C=O) groups excluding carboxylic acids is 1. The van der Waals surface area contributed by atoms with Crippen molar-refractivity contribution in [1.29, 1.82) is 0 Å². The summed E-state index contributed by atoms with van der Waals surface area (Å²) in [6, 6.07) is 4.80. The van der Waals surface area contributed by atoms with Gasteiger partial charge in [0.1, 0.15) is 10.6 Å². The monoisotopic (exact) mass is 424 g/mol. The molecule has 1 fully saturated rings. The summed E-state index contributed by atoms with van der Waals surface area (Å²) in [6.45, 7) is 5.15. The Labute approximate surface area is 169 Å². The van der Waals surface area contributed by atoms with Gasteiger partial charge >= 0.3 is 0 Å². The minimum atomic E-state index is -3.58. The van der Waals surface area contributed by atoms with Gasteiger partial charge in [-0.25, -0.2) is 13.1 Å². The number of amides is 1. The number of carbonyl (C=O) groups is 1. The van der Waals surface area contributed by atoms with Crippen molar-refractivity contribution in [2.24, 2.45) is 5.92 Å². The van der Waals surface area contributed by atoms with Crippen molar-refractivity contribution in [3.8, 4) is 5.75 Å². The first kappa shape index (κ1) is 20.7. The number of aromatic nitrogens is 2. The summed E-state index contributed by atoms with van der Waals surface area (Å²) in [5, 5.41) is 3.89. The second-order valence-electron chi connectivity index (χ2n) is 6.91. The molecule has 1 amide bonds. The van der Waals surface area contributed by atoms with Crippen molar-refractivity contribution in [2.75, 3.05) is 26.7 Å². The quantitative estimate of drug-likeness (QED) is 0.761. The highest BCUT2D eigenvalue weighted by atomic mass is 32.2. The minimum absolute atomic E-state index is 0.0414. The molecule has 1 aromatic carbocycles. The molecule has 0 aliphatic carbocycles. The van der Waals surface area contributed by atoms with E-state index in [2.05, 4.69) is 14.3 Å². The van der Waals surface area contributed by atoms with Crippen LogP contribution in [0.1, 0.15) is 33.8 Å². The Morgan fingerprint density at radius 3 is 2.61 bits per heavy atom. The van der Waals surface area contributed by atoms with Crippen LogP contribution in [0.3, 0.4) is 0 Å². The number of nitrogens with zero attached hydrogens (tertiary/aromatic N) is 3. The molecule has 10 heteroatoms. The van der Waals surface area contributed by atoms with Gasteiger partial charge < -0.3 is 9.64 Å². The molecular weight excluding hydrogens is 400 g/mol. The maximum absolute atomic E-state index is 12.6. The normalized spacial score (nSPS) is 15.6. The largest absolute Gasteiger partial charge is 0.496 e. The first-order chi connectivity index (χ1) is 13.3. The van der Waals surface area contributed by atoms with Gasteiger partial charge in [-0.1, -0.05) is 4.49 Å². The Hall–Kier alpha value is -2.04. The molecule has 0 spiro atoms. The molecule has 2 heterocycles. The van der Waals surface area contributed by atoms with Gasteiger partial charge in [0.15, 0.2) is 0 Å². The molecule has 8 nitrogen and oxygen atoms in total. The summed E-state index contributed by atoms with van der Waals surface area (Å²) in [5.41, 5.74) is 1.42. The minimum Gasteiger partial charge on any atom is -0.496 e. The standard InChI is InChI=1S/C18H24N4O4S2/c1-12-10-15(4-5-16(12)26-3)28(24,25)19-11-14-6-8-22(9-7-14)18(23)17-13(2)20-21-27-17/h4-5,10,14,19H,6-9,11H2,1-3H3. The van der Waals surface area contributed by atoms with Crippen LogP contribution in [0, 0.1) is 19.8 Å². The third-order valence-electron chi connectivity index (χ3n) is 4.99. The van der Waals surface area contributed by atoms with E-state index in [1.807, 2.05) is 6.92 Å². The van der Waals surface area contributed by atoms with Gasteiger partial charge in [0.05, 0.1) is 17.7 Å². The summed E-state index contributed by atoms with van der Waals surface area (Å²) in [5.74, 6) is 0.807. The molecule has 1 saturated heterocycles. The fraction of sp³-hybridized carbons (Fsp3) is 0.500. The number of likely N-dealkylation sites (tertiary alicyclic amines) is 1. The van der Waals surface area contributed by atoms with E-state index in [1.165, 1.54) is 0 Å². The second kappa shape index (κ2) is 8.54. The van der Waals surface area contributed by atoms with E-state index in [4.69, 9.17) is 4.74 Å². The van der Waals surface area contributed by atoms with Gasteiger partial charge in [-0.3, -0.25) is 4.79 Å². The molecule has 1 aromatic heterocycles. The van der Waals surface area contributed by atoms with Gasteiger partial charge in [0, 0.05) is 19.6 Å².